The van der Waals surface area contributed by atoms with Crippen LogP contribution in [0.25, 0.3) is 0 Å². The van der Waals surface area contributed by atoms with E-state index in [1.54, 1.807) is 0 Å². The fraction of sp³-hybridized carbons (Fsp3) is 1.00. The lowest BCUT2D eigenvalue weighted by Gasteiger charge is -2.20. The van der Waals surface area contributed by atoms with Gasteiger partial charge >= 0.3 is 0 Å². The highest BCUT2D eigenvalue weighted by atomic mass is 16.5. The van der Waals surface area contributed by atoms with Gasteiger partial charge in [0, 0.05) is 26.2 Å². The molecule has 15 heavy (non-hydrogen) atoms. The van der Waals surface area contributed by atoms with Crippen LogP contribution in [0.15, 0.2) is 0 Å². The first kappa shape index (κ1) is 11.4. The molecular weight excluding hydrogens is 188 g/mol. The third kappa shape index (κ3) is 2.92. The molecule has 1 heterocycles. The van der Waals surface area contributed by atoms with Crippen molar-refractivity contribution < 1.29 is 4.74 Å². The lowest BCUT2D eigenvalue weighted by Crippen LogP contribution is -2.30. The number of ether oxygens (including phenoxy) is 1. The molecule has 3 atom stereocenters. The number of methoxy groups -OCH3 is 1. The normalized spacial score (nSPS) is 37.6. The van der Waals surface area contributed by atoms with Gasteiger partial charge in [-0.05, 0) is 38.1 Å². The number of hydrogen-bond donors (Lipinski definition) is 1. The zero-order valence-corrected chi connectivity index (χ0v) is 9.82. The van der Waals surface area contributed by atoms with Gasteiger partial charge in [-0.2, -0.15) is 0 Å². The zero-order chi connectivity index (χ0) is 10.7. The highest BCUT2D eigenvalue weighted by Gasteiger charge is 2.26. The summed E-state index contributed by atoms with van der Waals surface area (Å²) < 4.78 is 5.37. The summed E-state index contributed by atoms with van der Waals surface area (Å²) >= 11 is 0. The predicted octanol–water partition coefficient (Wildman–Crippen LogP) is 1.22. The largest absolute Gasteiger partial charge is 0.380 e. The van der Waals surface area contributed by atoms with Crippen molar-refractivity contribution in [2.75, 3.05) is 26.7 Å². The number of nitrogens with zero attached hydrogens (tertiary/aromatic N) is 1. The van der Waals surface area contributed by atoms with Gasteiger partial charge in [0.15, 0.2) is 0 Å². The van der Waals surface area contributed by atoms with E-state index in [4.69, 9.17) is 10.5 Å². The Hall–Kier alpha value is -0.120. The van der Waals surface area contributed by atoms with Gasteiger partial charge in [0.25, 0.3) is 0 Å². The average Bonchev–Trinajstić information content (AvgIpc) is 2.84. The number of rotatable bonds is 4. The molecule has 0 radical (unpaired) electrons. The Labute approximate surface area is 93.0 Å². The summed E-state index contributed by atoms with van der Waals surface area (Å²) in [5, 5.41) is 0. The standard InChI is InChI=1S/C12H24N2O/c1-15-11-6-8-14(9-11)7-5-10-3-2-4-12(10)13/h10-12H,2-9,13H2,1H3. The van der Waals surface area contributed by atoms with Gasteiger partial charge in [0.1, 0.15) is 0 Å². The second-order valence-corrected chi connectivity index (χ2v) is 5.09. The van der Waals surface area contributed by atoms with E-state index in [-0.39, 0.29) is 0 Å². The summed E-state index contributed by atoms with van der Waals surface area (Å²) in [4.78, 5) is 2.53. The lowest BCUT2D eigenvalue weighted by molar-refractivity contribution is 0.107. The molecule has 2 fully saturated rings. The quantitative estimate of drug-likeness (QED) is 0.761. The average molecular weight is 212 g/mol. The summed E-state index contributed by atoms with van der Waals surface area (Å²) in [6.07, 6.45) is 6.90. The summed E-state index contributed by atoms with van der Waals surface area (Å²) in [6.45, 7) is 3.55. The minimum atomic E-state index is 0.474. The van der Waals surface area contributed by atoms with Crippen molar-refractivity contribution >= 4 is 0 Å². The van der Waals surface area contributed by atoms with Gasteiger partial charge in [-0.25, -0.2) is 0 Å². The van der Waals surface area contributed by atoms with Crippen LogP contribution in [0.4, 0.5) is 0 Å². The monoisotopic (exact) mass is 212 g/mol. The molecule has 3 heteroatoms. The molecule has 1 saturated heterocycles. The summed E-state index contributed by atoms with van der Waals surface area (Å²) in [7, 11) is 1.82. The van der Waals surface area contributed by atoms with E-state index < -0.39 is 0 Å². The van der Waals surface area contributed by atoms with Crippen molar-refractivity contribution in [3.63, 3.8) is 0 Å². The second-order valence-electron chi connectivity index (χ2n) is 5.09. The number of nitrogens with two attached hydrogens (primary N) is 1. The van der Waals surface area contributed by atoms with Crippen molar-refractivity contribution in [1.29, 1.82) is 0 Å². The van der Waals surface area contributed by atoms with Crippen molar-refractivity contribution in [3.8, 4) is 0 Å². The maximum atomic E-state index is 6.07. The first-order valence-electron chi connectivity index (χ1n) is 6.30. The van der Waals surface area contributed by atoms with Crippen LogP contribution in [0.2, 0.25) is 0 Å². The molecule has 0 aromatic carbocycles. The van der Waals surface area contributed by atoms with Crippen molar-refractivity contribution in [1.82, 2.24) is 4.90 Å². The summed E-state index contributed by atoms with van der Waals surface area (Å²) in [5.41, 5.74) is 6.07. The Balaban J connectivity index is 1.66. The van der Waals surface area contributed by atoms with Gasteiger partial charge < -0.3 is 15.4 Å². The van der Waals surface area contributed by atoms with Crippen molar-refractivity contribution in [2.45, 2.75) is 44.2 Å². The Morgan fingerprint density at radius 2 is 2.20 bits per heavy atom. The molecule has 3 unspecified atom stereocenters. The van der Waals surface area contributed by atoms with Crippen LogP contribution >= 0.6 is 0 Å². The van der Waals surface area contributed by atoms with E-state index >= 15 is 0 Å². The molecule has 3 nitrogen and oxygen atoms in total. The Morgan fingerprint density at radius 3 is 2.80 bits per heavy atom. The molecule has 2 rings (SSSR count). The molecule has 0 aromatic rings. The zero-order valence-electron chi connectivity index (χ0n) is 9.82. The second kappa shape index (κ2) is 5.28. The summed E-state index contributed by atoms with van der Waals surface area (Å²) in [6, 6.07) is 0.478. The third-order valence-corrected chi connectivity index (χ3v) is 4.10. The van der Waals surface area contributed by atoms with Gasteiger partial charge in [-0.1, -0.05) is 6.42 Å². The minimum absolute atomic E-state index is 0.474. The summed E-state index contributed by atoms with van der Waals surface area (Å²) in [5.74, 6) is 0.784. The SMILES string of the molecule is COC1CCN(CCC2CCCC2N)C1. The molecule has 1 aliphatic carbocycles. The number of likely N-dealkylation sites (tertiary alicyclic amines) is 1. The maximum Gasteiger partial charge on any atom is 0.0710 e. The molecule has 0 bridgehead atoms. The molecule has 2 aliphatic rings. The van der Waals surface area contributed by atoms with Crippen LogP contribution in [0.5, 0.6) is 0 Å². The molecule has 0 spiro atoms. The molecule has 0 aromatic heterocycles. The van der Waals surface area contributed by atoms with E-state index in [0.717, 1.165) is 12.5 Å². The first-order chi connectivity index (χ1) is 7.29. The number of hydrogen-bond acceptors (Lipinski definition) is 3. The third-order valence-electron chi connectivity index (χ3n) is 4.10. The fourth-order valence-corrected chi connectivity index (χ4v) is 2.96. The molecule has 0 amide bonds. The van der Waals surface area contributed by atoms with Crippen LogP contribution in [-0.2, 0) is 4.74 Å². The van der Waals surface area contributed by atoms with E-state index in [0.29, 0.717) is 12.1 Å². The topological polar surface area (TPSA) is 38.5 Å². The van der Waals surface area contributed by atoms with Crippen LogP contribution in [-0.4, -0.2) is 43.8 Å². The van der Waals surface area contributed by atoms with E-state index in [1.165, 1.54) is 45.2 Å². The fourth-order valence-electron chi connectivity index (χ4n) is 2.96. The Morgan fingerprint density at radius 1 is 1.33 bits per heavy atom. The van der Waals surface area contributed by atoms with Crippen LogP contribution in [0.1, 0.15) is 32.1 Å². The smallest absolute Gasteiger partial charge is 0.0710 e. The van der Waals surface area contributed by atoms with Gasteiger partial charge in [0.05, 0.1) is 6.10 Å². The van der Waals surface area contributed by atoms with E-state index in [2.05, 4.69) is 4.90 Å². The highest BCUT2D eigenvalue weighted by Crippen LogP contribution is 2.27. The van der Waals surface area contributed by atoms with Gasteiger partial charge in [0.2, 0.25) is 0 Å². The molecular formula is C12H24N2O. The van der Waals surface area contributed by atoms with E-state index in [9.17, 15) is 0 Å². The minimum Gasteiger partial charge on any atom is -0.380 e. The van der Waals surface area contributed by atoms with Gasteiger partial charge in [-0.15, -0.1) is 0 Å². The predicted molar refractivity (Wildman–Crippen MR) is 61.8 cm³/mol. The van der Waals surface area contributed by atoms with Crippen molar-refractivity contribution in [2.24, 2.45) is 11.7 Å². The molecule has 1 saturated carbocycles. The van der Waals surface area contributed by atoms with Crippen LogP contribution in [0, 0.1) is 5.92 Å². The Kier molecular flexibility index (Phi) is 4.00. The van der Waals surface area contributed by atoms with Crippen molar-refractivity contribution in [3.05, 3.63) is 0 Å². The van der Waals surface area contributed by atoms with Gasteiger partial charge in [-0.3, -0.25) is 0 Å². The molecule has 2 N–H and O–H groups in total. The first-order valence-corrected chi connectivity index (χ1v) is 6.30. The molecule has 88 valence electrons. The highest BCUT2D eigenvalue weighted by molar-refractivity contribution is 4.82. The lowest BCUT2D eigenvalue weighted by atomic mass is 10.0. The van der Waals surface area contributed by atoms with E-state index in [1.807, 2.05) is 7.11 Å². The maximum absolute atomic E-state index is 6.07. The van der Waals surface area contributed by atoms with Crippen LogP contribution in [0.3, 0.4) is 0 Å². The van der Waals surface area contributed by atoms with Crippen LogP contribution < -0.4 is 5.73 Å². The molecule has 1 aliphatic heterocycles. The Bertz CT molecular complexity index is 198.